The minimum absolute atomic E-state index is 0.0890. The van der Waals surface area contributed by atoms with Gasteiger partial charge in [0.05, 0.1) is 5.92 Å². The molecule has 0 aliphatic rings. The summed E-state index contributed by atoms with van der Waals surface area (Å²) >= 11 is 1.22. The van der Waals surface area contributed by atoms with Gasteiger partial charge in [0.25, 0.3) is 0 Å². The Hall–Kier alpha value is -0.920. The molecule has 7 heteroatoms. The van der Waals surface area contributed by atoms with Gasteiger partial charge in [0, 0.05) is 11.4 Å². The number of carboxylic acid groups (broad SMARTS) is 1. The maximum atomic E-state index is 12.2. The number of carbonyl (C=O) groups is 1. The van der Waals surface area contributed by atoms with Gasteiger partial charge in [-0.15, -0.1) is 11.3 Å². The van der Waals surface area contributed by atoms with Crippen molar-refractivity contribution in [2.45, 2.75) is 44.7 Å². The maximum Gasteiger partial charge on any atom is 0.307 e. The molecule has 0 aliphatic heterocycles. The van der Waals surface area contributed by atoms with Crippen molar-refractivity contribution < 1.29 is 18.3 Å². The number of sulfonamides is 1. The SMILES string of the molecule is CCc1ccc(S(=O)(=O)NCC(CC(C)(C)C)C(=O)O)s1. The predicted molar refractivity (Wildman–Crippen MR) is 84.1 cm³/mol. The molecule has 1 aromatic heterocycles. The van der Waals surface area contributed by atoms with Gasteiger partial charge < -0.3 is 5.11 Å². The highest BCUT2D eigenvalue weighted by Gasteiger charge is 2.27. The molecule has 0 saturated carbocycles. The Morgan fingerprint density at radius 2 is 2.00 bits per heavy atom. The second-order valence-electron chi connectivity index (χ2n) is 6.23. The predicted octanol–water partition coefficient (Wildman–Crippen LogP) is 2.73. The van der Waals surface area contributed by atoms with Gasteiger partial charge in [0.2, 0.25) is 10.0 Å². The van der Waals surface area contributed by atoms with Gasteiger partial charge in [-0.25, -0.2) is 13.1 Å². The molecule has 0 fully saturated rings. The number of hydrogen-bond donors (Lipinski definition) is 2. The van der Waals surface area contributed by atoms with Crippen LogP contribution >= 0.6 is 11.3 Å². The second kappa shape index (κ2) is 6.89. The fraction of sp³-hybridized carbons (Fsp3) is 0.643. The number of carboxylic acids is 1. The van der Waals surface area contributed by atoms with Crippen LogP contribution in [0.25, 0.3) is 0 Å². The maximum absolute atomic E-state index is 12.2. The molecule has 1 unspecified atom stereocenters. The van der Waals surface area contributed by atoms with Crippen molar-refractivity contribution in [2.75, 3.05) is 6.54 Å². The number of rotatable bonds is 7. The summed E-state index contributed by atoms with van der Waals surface area (Å²) < 4.78 is 27.0. The van der Waals surface area contributed by atoms with Gasteiger partial charge in [-0.05, 0) is 30.4 Å². The summed E-state index contributed by atoms with van der Waals surface area (Å²) in [6.45, 7) is 7.67. The zero-order valence-corrected chi connectivity index (χ0v) is 14.5. The Kier molecular flexibility index (Phi) is 5.95. The van der Waals surface area contributed by atoms with Crippen LogP contribution in [0.3, 0.4) is 0 Å². The van der Waals surface area contributed by atoms with Crippen molar-refractivity contribution in [1.82, 2.24) is 4.72 Å². The lowest BCUT2D eigenvalue weighted by Gasteiger charge is -2.23. The molecule has 120 valence electrons. The minimum atomic E-state index is -3.63. The molecule has 0 aromatic carbocycles. The lowest BCUT2D eigenvalue weighted by atomic mass is 9.85. The number of nitrogens with one attached hydrogen (secondary N) is 1. The van der Waals surface area contributed by atoms with Gasteiger partial charge in [0.15, 0.2) is 0 Å². The normalized spacial score (nSPS) is 14.1. The Balaban J connectivity index is 2.76. The van der Waals surface area contributed by atoms with Gasteiger partial charge in [0.1, 0.15) is 4.21 Å². The zero-order chi connectivity index (χ0) is 16.3. The van der Waals surface area contributed by atoms with Crippen LogP contribution < -0.4 is 4.72 Å². The van der Waals surface area contributed by atoms with E-state index in [-0.39, 0.29) is 16.2 Å². The molecule has 21 heavy (non-hydrogen) atoms. The molecule has 1 atom stereocenters. The van der Waals surface area contributed by atoms with Crippen LogP contribution in [0.2, 0.25) is 0 Å². The van der Waals surface area contributed by atoms with E-state index >= 15 is 0 Å². The average molecular weight is 333 g/mol. The third-order valence-corrected chi connectivity index (χ3v) is 6.12. The lowest BCUT2D eigenvalue weighted by Crippen LogP contribution is -2.34. The van der Waals surface area contributed by atoms with E-state index in [1.807, 2.05) is 27.7 Å². The highest BCUT2D eigenvalue weighted by Crippen LogP contribution is 2.25. The van der Waals surface area contributed by atoms with Crippen molar-refractivity contribution in [3.05, 3.63) is 17.0 Å². The summed E-state index contributed by atoms with van der Waals surface area (Å²) in [5.74, 6) is -1.71. The van der Waals surface area contributed by atoms with Gasteiger partial charge in [-0.3, -0.25) is 4.79 Å². The Bertz CT molecular complexity index is 584. The minimum Gasteiger partial charge on any atom is -0.481 e. The van der Waals surface area contributed by atoms with E-state index in [9.17, 15) is 18.3 Å². The van der Waals surface area contributed by atoms with Crippen LogP contribution in [0.15, 0.2) is 16.3 Å². The number of aryl methyl sites for hydroxylation is 1. The quantitative estimate of drug-likeness (QED) is 0.803. The summed E-state index contributed by atoms with van der Waals surface area (Å²) in [4.78, 5) is 12.2. The second-order valence-corrected chi connectivity index (χ2v) is 9.39. The van der Waals surface area contributed by atoms with Crippen LogP contribution in [-0.4, -0.2) is 26.0 Å². The smallest absolute Gasteiger partial charge is 0.307 e. The molecule has 5 nitrogen and oxygen atoms in total. The van der Waals surface area contributed by atoms with Crippen molar-refractivity contribution in [3.63, 3.8) is 0 Å². The molecule has 0 bridgehead atoms. The first-order chi connectivity index (χ1) is 9.55. The molecule has 0 radical (unpaired) electrons. The lowest BCUT2D eigenvalue weighted by molar-refractivity contribution is -0.142. The molecule has 0 saturated heterocycles. The third kappa shape index (κ3) is 5.76. The topological polar surface area (TPSA) is 83.5 Å². The van der Waals surface area contributed by atoms with E-state index in [4.69, 9.17) is 0 Å². The van der Waals surface area contributed by atoms with Crippen molar-refractivity contribution >= 4 is 27.3 Å². The fourth-order valence-electron chi connectivity index (χ4n) is 1.96. The van der Waals surface area contributed by atoms with Crippen LogP contribution in [-0.2, 0) is 21.2 Å². The Morgan fingerprint density at radius 1 is 1.38 bits per heavy atom. The fourth-order valence-corrected chi connectivity index (χ4v) is 4.38. The molecular formula is C14H23NO4S2. The molecule has 2 N–H and O–H groups in total. The average Bonchev–Trinajstić information content (AvgIpc) is 2.82. The molecule has 0 amide bonds. The first-order valence-electron chi connectivity index (χ1n) is 6.86. The van der Waals surface area contributed by atoms with E-state index in [1.165, 1.54) is 11.3 Å². The highest BCUT2D eigenvalue weighted by atomic mass is 32.2. The molecule has 1 heterocycles. The van der Waals surface area contributed by atoms with Crippen molar-refractivity contribution in [2.24, 2.45) is 11.3 Å². The first-order valence-corrected chi connectivity index (χ1v) is 9.16. The van der Waals surface area contributed by atoms with Crippen LogP contribution in [0.5, 0.6) is 0 Å². The highest BCUT2D eigenvalue weighted by molar-refractivity contribution is 7.91. The summed E-state index contributed by atoms with van der Waals surface area (Å²) in [6, 6.07) is 3.34. The number of aliphatic carboxylic acids is 1. The molecule has 0 spiro atoms. The van der Waals surface area contributed by atoms with E-state index in [0.29, 0.717) is 6.42 Å². The van der Waals surface area contributed by atoms with Crippen molar-refractivity contribution in [3.8, 4) is 0 Å². The Morgan fingerprint density at radius 3 is 2.43 bits per heavy atom. The van der Waals surface area contributed by atoms with Gasteiger partial charge >= 0.3 is 5.97 Å². The molecule has 0 aliphatic carbocycles. The van der Waals surface area contributed by atoms with Crippen LogP contribution in [0.1, 0.15) is 39.0 Å². The summed E-state index contributed by atoms with van der Waals surface area (Å²) in [5, 5.41) is 9.21. The summed E-state index contributed by atoms with van der Waals surface area (Å²) in [6.07, 6.45) is 1.19. The van der Waals surface area contributed by atoms with E-state index < -0.39 is 21.9 Å². The monoisotopic (exact) mass is 333 g/mol. The van der Waals surface area contributed by atoms with Crippen LogP contribution in [0.4, 0.5) is 0 Å². The van der Waals surface area contributed by atoms with E-state index in [1.54, 1.807) is 12.1 Å². The van der Waals surface area contributed by atoms with Gasteiger partial charge in [-0.2, -0.15) is 0 Å². The van der Waals surface area contributed by atoms with Crippen molar-refractivity contribution in [1.29, 1.82) is 0 Å². The summed E-state index contributed by atoms with van der Waals surface area (Å²) in [7, 11) is -3.63. The van der Waals surface area contributed by atoms with Crippen LogP contribution in [0, 0.1) is 11.3 Å². The van der Waals surface area contributed by atoms with Gasteiger partial charge in [-0.1, -0.05) is 27.7 Å². The van der Waals surface area contributed by atoms with E-state index in [2.05, 4.69) is 4.72 Å². The standard InChI is InChI=1S/C14H23NO4S2/c1-5-11-6-7-12(20-11)21(18,19)15-9-10(13(16)17)8-14(2,3)4/h6-7,10,15H,5,8-9H2,1-4H3,(H,16,17). The summed E-state index contributed by atoms with van der Waals surface area (Å²) in [5.41, 5.74) is -0.174. The Labute approximate surface area is 130 Å². The number of hydrogen-bond acceptors (Lipinski definition) is 4. The molecular weight excluding hydrogens is 310 g/mol. The molecule has 1 rings (SSSR count). The first kappa shape index (κ1) is 18.1. The number of thiophene rings is 1. The third-order valence-electron chi connectivity index (χ3n) is 2.98. The zero-order valence-electron chi connectivity index (χ0n) is 12.8. The largest absolute Gasteiger partial charge is 0.481 e. The van der Waals surface area contributed by atoms with E-state index in [0.717, 1.165) is 11.3 Å². The molecule has 1 aromatic rings.